The molecule has 1 N–H and O–H groups in total. The topological polar surface area (TPSA) is 64.1 Å². The Balaban J connectivity index is 1.43. The molecule has 4 rings (SSSR count). The first-order chi connectivity index (χ1) is 13.2. The van der Waals surface area contributed by atoms with E-state index >= 15 is 0 Å². The number of hydrogen-bond donors (Lipinski definition) is 1. The van der Waals surface area contributed by atoms with Crippen LogP contribution in [0.25, 0.3) is 10.6 Å². The fourth-order valence-electron chi connectivity index (χ4n) is 3.26. The molecule has 0 spiro atoms. The number of ether oxygens (including phenoxy) is 1. The van der Waals surface area contributed by atoms with E-state index in [-0.39, 0.29) is 11.8 Å². The predicted molar refractivity (Wildman–Crippen MR) is 107 cm³/mol. The van der Waals surface area contributed by atoms with Gasteiger partial charge in [0, 0.05) is 34.4 Å². The van der Waals surface area contributed by atoms with Crippen molar-refractivity contribution >= 4 is 22.9 Å². The highest BCUT2D eigenvalue weighted by atomic mass is 32.1. The molecule has 0 fully saturated rings. The third-order valence-corrected chi connectivity index (χ3v) is 5.84. The second-order valence-corrected chi connectivity index (χ2v) is 7.59. The van der Waals surface area contributed by atoms with Gasteiger partial charge in [-0.2, -0.15) is 0 Å². The molecule has 1 unspecified atom stereocenters. The predicted octanol–water partition coefficient (Wildman–Crippen LogP) is 4.35. The van der Waals surface area contributed by atoms with Gasteiger partial charge in [0.2, 0.25) is 5.91 Å². The monoisotopic (exact) mass is 379 g/mol. The molecule has 138 valence electrons. The number of aromatic nitrogens is 2. The van der Waals surface area contributed by atoms with Gasteiger partial charge in [-0.25, -0.2) is 4.98 Å². The average Bonchev–Trinajstić information content (AvgIpc) is 3.14. The summed E-state index contributed by atoms with van der Waals surface area (Å²) in [7, 11) is 0. The lowest BCUT2D eigenvalue weighted by atomic mass is 9.90. The van der Waals surface area contributed by atoms with E-state index in [0.29, 0.717) is 6.61 Å². The Hall–Kier alpha value is -2.73. The maximum absolute atomic E-state index is 12.7. The van der Waals surface area contributed by atoms with Crippen LogP contribution in [0.1, 0.15) is 23.9 Å². The van der Waals surface area contributed by atoms with E-state index in [4.69, 9.17) is 9.72 Å². The summed E-state index contributed by atoms with van der Waals surface area (Å²) in [6.07, 6.45) is 5.99. The van der Waals surface area contributed by atoms with Gasteiger partial charge in [-0.15, -0.1) is 11.3 Å². The van der Waals surface area contributed by atoms with Gasteiger partial charge in [-0.1, -0.05) is 0 Å². The molecule has 1 atom stereocenters. The van der Waals surface area contributed by atoms with Crippen molar-refractivity contribution < 1.29 is 9.53 Å². The summed E-state index contributed by atoms with van der Waals surface area (Å²) in [5.74, 6) is 0.865. The Labute approximate surface area is 162 Å². The number of fused-ring (bicyclic) bond motifs is 1. The molecule has 1 aliphatic carbocycles. The van der Waals surface area contributed by atoms with Gasteiger partial charge in [-0.05, 0) is 62.6 Å². The normalized spacial score (nSPS) is 15.8. The van der Waals surface area contributed by atoms with Crippen LogP contribution in [-0.2, 0) is 17.6 Å². The molecule has 0 aliphatic heterocycles. The molecule has 6 heteroatoms. The molecule has 0 saturated carbocycles. The van der Waals surface area contributed by atoms with Crippen molar-refractivity contribution in [3.8, 4) is 16.3 Å². The smallest absolute Gasteiger partial charge is 0.227 e. The number of rotatable bonds is 5. The molecular formula is C21H21N3O2S. The third-order valence-electron chi connectivity index (χ3n) is 4.67. The second-order valence-electron chi connectivity index (χ2n) is 6.51. The van der Waals surface area contributed by atoms with Crippen molar-refractivity contribution in [2.75, 3.05) is 11.9 Å². The zero-order valence-corrected chi connectivity index (χ0v) is 16.0. The highest BCUT2D eigenvalue weighted by Crippen LogP contribution is 2.34. The van der Waals surface area contributed by atoms with E-state index in [2.05, 4.69) is 10.3 Å². The summed E-state index contributed by atoms with van der Waals surface area (Å²) >= 11 is 1.69. The first kappa shape index (κ1) is 17.7. The number of anilines is 1. The Kier molecular flexibility index (Phi) is 5.16. The molecular weight excluding hydrogens is 358 g/mol. The second kappa shape index (κ2) is 7.88. The van der Waals surface area contributed by atoms with Crippen LogP contribution >= 0.6 is 11.3 Å². The van der Waals surface area contributed by atoms with Gasteiger partial charge in [0.25, 0.3) is 0 Å². The summed E-state index contributed by atoms with van der Waals surface area (Å²) in [5.41, 5.74) is 3.02. The number of benzene rings is 1. The number of nitrogens with one attached hydrogen (secondary N) is 1. The summed E-state index contributed by atoms with van der Waals surface area (Å²) in [6.45, 7) is 2.58. The average molecular weight is 379 g/mol. The molecule has 1 amide bonds. The number of aryl methyl sites for hydroxylation is 1. The SMILES string of the molecule is CCOc1ccc(NC(=O)C2CCc3nc(-c4ccncc4)sc3C2)cc1. The standard InChI is InChI=1S/C21H21N3O2S/c1-2-26-17-6-4-16(5-7-17)23-20(25)15-3-8-18-19(13-15)27-21(24-18)14-9-11-22-12-10-14/h4-7,9-12,15H,2-3,8,13H2,1H3,(H,23,25). The van der Waals surface area contributed by atoms with Crippen LogP contribution in [0.5, 0.6) is 5.75 Å². The maximum atomic E-state index is 12.7. The molecule has 1 aromatic carbocycles. The van der Waals surface area contributed by atoms with Crippen LogP contribution in [0.15, 0.2) is 48.8 Å². The number of hydrogen-bond acceptors (Lipinski definition) is 5. The molecule has 1 aliphatic rings. The minimum atomic E-state index is -0.0187. The molecule has 2 aromatic heterocycles. The highest BCUT2D eigenvalue weighted by molar-refractivity contribution is 7.15. The van der Waals surface area contributed by atoms with E-state index in [1.165, 1.54) is 4.88 Å². The number of carbonyl (C=O) groups is 1. The molecule has 0 saturated heterocycles. The van der Waals surface area contributed by atoms with Gasteiger partial charge < -0.3 is 10.1 Å². The summed E-state index contributed by atoms with van der Waals surface area (Å²) in [5, 5.41) is 4.04. The first-order valence-corrected chi connectivity index (χ1v) is 9.97. The van der Waals surface area contributed by atoms with Crippen molar-refractivity contribution in [2.45, 2.75) is 26.2 Å². The van der Waals surface area contributed by atoms with Crippen molar-refractivity contribution in [3.05, 3.63) is 59.4 Å². The third kappa shape index (κ3) is 4.01. The minimum Gasteiger partial charge on any atom is -0.494 e. The van der Waals surface area contributed by atoms with Gasteiger partial charge >= 0.3 is 0 Å². The first-order valence-electron chi connectivity index (χ1n) is 9.15. The van der Waals surface area contributed by atoms with Crippen LogP contribution in [0, 0.1) is 5.92 Å². The van der Waals surface area contributed by atoms with Crippen molar-refractivity contribution in [1.29, 1.82) is 0 Å². The van der Waals surface area contributed by atoms with Crippen LogP contribution in [0.2, 0.25) is 0 Å². The molecule has 0 radical (unpaired) electrons. The van der Waals surface area contributed by atoms with Crippen molar-refractivity contribution in [1.82, 2.24) is 9.97 Å². The minimum absolute atomic E-state index is 0.0187. The van der Waals surface area contributed by atoms with E-state index in [9.17, 15) is 4.79 Å². The Morgan fingerprint density at radius 3 is 2.74 bits per heavy atom. The number of amides is 1. The quantitative estimate of drug-likeness (QED) is 0.716. The lowest BCUT2D eigenvalue weighted by molar-refractivity contribution is -0.120. The van der Waals surface area contributed by atoms with Gasteiger partial charge in [0.05, 0.1) is 12.3 Å². The fraction of sp³-hybridized carbons (Fsp3) is 0.286. The lowest BCUT2D eigenvalue weighted by Gasteiger charge is -2.20. The van der Waals surface area contributed by atoms with Gasteiger partial charge in [-0.3, -0.25) is 9.78 Å². The van der Waals surface area contributed by atoms with E-state index in [1.54, 1.807) is 23.7 Å². The zero-order chi connectivity index (χ0) is 18.6. The Morgan fingerprint density at radius 1 is 1.22 bits per heavy atom. The zero-order valence-electron chi connectivity index (χ0n) is 15.1. The number of nitrogens with zero attached hydrogens (tertiary/aromatic N) is 2. The van der Waals surface area contributed by atoms with Crippen LogP contribution in [0.4, 0.5) is 5.69 Å². The summed E-state index contributed by atoms with van der Waals surface area (Å²) in [6, 6.07) is 11.5. The summed E-state index contributed by atoms with van der Waals surface area (Å²) in [4.78, 5) is 22.8. The maximum Gasteiger partial charge on any atom is 0.227 e. The molecule has 5 nitrogen and oxygen atoms in total. The van der Waals surface area contributed by atoms with Gasteiger partial charge in [0.15, 0.2) is 0 Å². The summed E-state index contributed by atoms with van der Waals surface area (Å²) < 4.78 is 5.44. The number of carbonyl (C=O) groups excluding carboxylic acids is 1. The van der Waals surface area contributed by atoms with Crippen LogP contribution in [0.3, 0.4) is 0 Å². The number of thiazole rings is 1. The molecule has 3 aromatic rings. The number of pyridine rings is 1. The largest absolute Gasteiger partial charge is 0.494 e. The van der Waals surface area contributed by atoms with Crippen molar-refractivity contribution in [3.63, 3.8) is 0 Å². The van der Waals surface area contributed by atoms with E-state index in [1.807, 2.05) is 43.3 Å². The van der Waals surface area contributed by atoms with Crippen LogP contribution in [-0.4, -0.2) is 22.5 Å². The molecule has 2 heterocycles. The molecule has 0 bridgehead atoms. The Morgan fingerprint density at radius 2 is 2.00 bits per heavy atom. The van der Waals surface area contributed by atoms with Gasteiger partial charge in [0.1, 0.15) is 10.8 Å². The molecule has 27 heavy (non-hydrogen) atoms. The lowest BCUT2D eigenvalue weighted by Crippen LogP contribution is -2.27. The van der Waals surface area contributed by atoms with Crippen LogP contribution < -0.4 is 10.1 Å². The van der Waals surface area contributed by atoms with E-state index < -0.39 is 0 Å². The Bertz CT molecular complexity index is 922. The van der Waals surface area contributed by atoms with Crippen molar-refractivity contribution in [2.24, 2.45) is 5.92 Å². The fourth-order valence-corrected chi connectivity index (χ4v) is 4.46. The highest BCUT2D eigenvalue weighted by Gasteiger charge is 2.27. The van der Waals surface area contributed by atoms with E-state index in [0.717, 1.165) is 47.0 Å².